The van der Waals surface area contributed by atoms with E-state index in [1.807, 2.05) is 0 Å². The predicted molar refractivity (Wildman–Crippen MR) is 51.9 cm³/mol. The molecule has 1 rings (SSSR count). The Labute approximate surface area is 87.3 Å². The van der Waals surface area contributed by atoms with E-state index >= 15 is 0 Å². The van der Waals surface area contributed by atoms with Crippen molar-refractivity contribution < 1.29 is 17.4 Å². The van der Waals surface area contributed by atoms with E-state index in [9.17, 15) is 4.79 Å². The van der Waals surface area contributed by atoms with Crippen LogP contribution >= 0.6 is 15.9 Å². The summed E-state index contributed by atoms with van der Waals surface area (Å²) in [6.07, 6.45) is -0.995. The average Bonchev–Trinajstić information content (AvgIpc) is 2.13. The van der Waals surface area contributed by atoms with Crippen LogP contribution in [0.4, 0.5) is 0 Å². The summed E-state index contributed by atoms with van der Waals surface area (Å²) in [6, 6.07) is 2.91. The van der Waals surface area contributed by atoms with Gasteiger partial charge in [0.1, 0.15) is 5.75 Å². The fourth-order valence-electron chi connectivity index (χ4n) is 0.675. The summed E-state index contributed by atoms with van der Waals surface area (Å²) < 4.78 is 20.3. The Morgan fingerprint density at radius 3 is 2.69 bits per heavy atom. The summed E-state index contributed by atoms with van der Waals surface area (Å²) in [6.45, 7) is 1.39. The van der Waals surface area contributed by atoms with E-state index < -0.39 is 12.1 Å². The molecular weight excluding hydrogens is 236 g/mol. The van der Waals surface area contributed by atoms with Crippen molar-refractivity contribution >= 4 is 21.9 Å². The van der Waals surface area contributed by atoms with Crippen LogP contribution in [0.2, 0.25) is 0 Å². The van der Waals surface area contributed by atoms with Crippen LogP contribution in [0.5, 0.6) is 5.75 Å². The van der Waals surface area contributed by atoms with Crippen molar-refractivity contribution in [1.29, 1.82) is 0 Å². The summed E-state index contributed by atoms with van der Waals surface area (Å²) in [5, 5.41) is 8.61. The number of ether oxygens (including phenoxy) is 1. The van der Waals surface area contributed by atoms with Gasteiger partial charge < -0.3 is 9.84 Å². The lowest BCUT2D eigenvalue weighted by molar-refractivity contribution is -0.144. The molecule has 1 N–H and O–H groups in total. The summed E-state index contributed by atoms with van der Waals surface area (Å²) in [7, 11) is 0. The van der Waals surface area contributed by atoms with Crippen LogP contribution in [0, 0.1) is 0 Å². The van der Waals surface area contributed by atoms with Gasteiger partial charge >= 0.3 is 5.97 Å². The maximum atomic E-state index is 10.5. The summed E-state index contributed by atoms with van der Waals surface area (Å²) in [5.74, 6) is -0.876. The second kappa shape index (κ2) is 4.28. The van der Waals surface area contributed by atoms with Gasteiger partial charge in [0.25, 0.3) is 0 Å². The molecule has 4 heteroatoms. The van der Waals surface area contributed by atoms with Crippen LogP contribution in [0.3, 0.4) is 0 Å². The summed E-state index contributed by atoms with van der Waals surface area (Å²) >= 11 is 3.06. The molecule has 0 saturated heterocycles. The Hall–Kier alpha value is -1.03. The minimum absolute atomic E-state index is 0.0927. The third-order valence-corrected chi connectivity index (χ3v) is 1.80. The van der Waals surface area contributed by atoms with Crippen LogP contribution in [0.25, 0.3) is 0 Å². The van der Waals surface area contributed by atoms with E-state index in [0.29, 0.717) is 4.47 Å². The van der Waals surface area contributed by atoms with Gasteiger partial charge in [0.15, 0.2) is 6.10 Å². The molecule has 0 aliphatic heterocycles. The number of carboxylic acid groups (broad SMARTS) is 1. The lowest BCUT2D eigenvalue weighted by Gasteiger charge is -2.09. The molecule has 0 fully saturated rings. The first-order chi connectivity index (χ1) is 6.91. The van der Waals surface area contributed by atoms with Gasteiger partial charge in [-0.15, -0.1) is 0 Å². The highest BCUT2D eigenvalue weighted by Crippen LogP contribution is 2.17. The largest absolute Gasteiger partial charge is 0.479 e. The average molecular weight is 247 g/mol. The summed E-state index contributed by atoms with van der Waals surface area (Å²) in [4.78, 5) is 10.5. The van der Waals surface area contributed by atoms with Gasteiger partial charge in [0, 0.05) is 4.47 Å². The Morgan fingerprint density at radius 1 is 1.69 bits per heavy atom. The van der Waals surface area contributed by atoms with Crippen molar-refractivity contribution in [3.05, 3.63) is 28.7 Å². The first-order valence-corrected chi connectivity index (χ1v) is 4.37. The normalized spacial score (nSPS) is 14.3. The molecule has 3 nitrogen and oxygen atoms in total. The number of benzene rings is 1. The smallest absolute Gasteiger partial charge is 0.344 e. The molecule has 0 bridgehead atoms. The second-order valence-corrected chi connectivity index (χ2v) is 3.19. The van der Waals surface area contributed by atoms with Gasteiger partial charge in [-0.1, -0.05) is 15.9 Å². The van der Waals surface area contributed by atoms with E-state index in [2.05, 4.69) is 15.9 Å². The zero-order valence-corrected chi connectivity index (χ0v) is 8.46. The molecule has 0 spiro atoms. The molecule has 0 aliphatic rings. The number of hydrogen-bond acceptors (Lipinski definition) is 2. The van der Waals surface area contributed by atoms with Gasteiger partial charge in [0.05, 0.1) is 2.74 Å². The predicted octanol–water partition coefficient (Wildman–Crippen LogP) is 2.30. The minimum atomic E-state index is -1.09. The van der Waals surface area contributed by atoms with Crippen molar-refractivity contribution in [1.82, 2.24) is 0 Å². The quantitative estimate of drug-likeness (QED) is 0.891. The van der Waals surface area contributed by atoms with Gasteiger partial charge in [0.2, 0.25) is 0 Å². The van der Waals surface area contributed by atoms with Gasteiger partial charge in [-0.25, -0.2) is 4.79 Å². The number of aliphatic carboxylic acids is 1. The number of carbonyl (C=O) groups is 1. The Kier molecular flexibility index (Phi) is 2.43. The number of carboxylic acids is 1. The molecule has 70 valence electrons. The fraction of sp³-hybridized carbons (Fsp3) is 0.222. The third-order valence-electron chi connectivity index (χ3n) is 1.34. The topological polar surface area (TPSA) is 46.5 Å². The Morgan fingerprint density at radius 2 is 2.23 bits per heavy atom. The lowest BCUT2D eigenvalue weighted by Crippen LogP contribution is -2.22. The zero-order chi connectivity index (χ0) is 11.6. The molecule has 0 amide bonds. The van der Waals surface area contributed by atoms with Gasteiger partial charge in [-0.2, -0.15) is 0 Å². The standard InChI is InChI=1S/C9H9BrO3/c1-6(9(11)12)13-8-4-2-7(10)3-5-8/h2-6H,1H3,(H,11,12)/t6-/m0/s1/i2D,3D. The van der Waals surface area contributed by atoms with Crippen LogP contribution in [0.1, 0.15) is 9.67 Å². The molecule has 1 aromatic carbocycles. The van der Waals surface area contributed by atoms with Gasteiger partial charge in [-0.05, 0) is 31.1 Å². The summed E-state index contributed by atoms with van der Waals surface area (Å²) in [5.41, 5.74) is 0. The zero-order valence-electron chi connectivity index (χ0n) is 8.87. The molecule has 1 atom stereocenters. The molecule has 1 aromatic rings. The molecule has 0 saturated carbocycles. The van der Waals surface area contributed by atoms with Crippen molar-refractivity contribution in [3.8, 4) is 5.75 Å². The van der Waals surface area contributed by atoms with E-state index in [1.165, 1.54) is 19.1 Å². The Bertz CT molecular complexity index is 372. The van der Waals surface area contributed by atoms with Crippen LogP contribution < -0.4 is 4.74 Å². The van der Waals surface area contributed by atoms with E-state index in [4.69, 9.17) is 12.6 Å². The lowest BCUT2D eigenvalue weighted by atomic mass is 10.3. The first-order valence-electron chi connectivity index (χ1n) is 4.58. The number of halogens is 1. The third kappa shape index (κ3) is 3.06. The maximum absolute atomic E-state index is 10.5. The highest BCUT2D eigenvalue weighted by molar-refractivity contribution is 9.10. The Balaban J connectivity index is 2.92. The monoisotopic (exact) mass is 246 g/mol. The van der Waals surface area contributed by atoms with Crippen LogP contribution in [-0.4, -0.2) is 17.2 Å². The first kappa shape index (κ1) is 7.38. The molecule has 0 heterocycles. The van der Waals surface area contributed by atoms with E-state index in [-0.39, 0.29) is 17.8 Å². The van der Waals surface area contributed by atoms with Crippen molar-refractivity contribution in [3.63, 3.8) is 0 Å². The highest BCUT2D eigenvalue weighted by atomic mass is 79.9. The SMILES string of the molecule is [2H]c1cc(O[C@@H](C)C(=O)O)cc([2H])c1Br. The molecule has 0 aliphatic carbocycles. The van der Waals surface area contributed by atoms with Crippen molar-refractivity contribution in [2.75, 3.05) is 0 Å². The van der Waals surface area contributed by atoms with Crippen molar-refractivity contribution in [2.24, 2.45) is 0 Å². The minimum Gasteiger partial charge on any atom is -0.479 e. The van der Waals surface area contributed by atoms with E-state index in [0.717, 1.165) is 0 Å². The van der Waals surface area contributed by atoms with Crippen molar-refractivity contribution in [2.45, 2.75) is 13.0 Å². The number of rotatable bonds is 3. The highest BCUT2D eigenvalue weighted by Gasteiger charge is 2.11. The van der Waals surface area contributed by atoms with E-state index in [1.54, 1.807) is 0 Å². The number of hydrogen-bond donors (Lipinski definition) is 1. The molecular formula is C9H9BrO3. The van der Waals surface area contributed by atoms with Gasteiger partial charge in [-0.3, -0.25) is 0 Å². The molecule has 0 radical (unpaired) electrons. The maximum Gasteiger partial charge on any atom is 0.344 e. The van der Waals surface area contributed by atoms with Crippen LogP contribution in [-0.2, 0) is 4.79 Å². The molecule has 0 unspecified atom stereocenters. The fourth-order valence-corrected chi connectivity index (χ4v) is 0.904. The molecule has 0 aromatic heterocycles. The second-order valence-electron chi connectivity index (χ2n) is 2.39. The van der Waals surface area contributed by atoms with Crippen LogP contribution in [0.15, 0.2) is 28.7 Å². The molecule has 13 heavy (non-hydrogen) atoms.